The molecule has 0 radical (unpaired) electrons. The topological polar surface area (TPSA) is 70.8 Å². The lowest BCUT2D eigenvalue weighted by molar-refractivity contribution is 0.0676. The number of hydrogen-bond acceptors (Lipinski definition) is 3. The van der Waals surface area contributed by atoms with E-state index in [2.05, 4.69) is 6.92 Å². The van der Waals surface area contributed by atoms with E-state index < -0.39 is 5.97 Å². The molecule has 0 aromatic carbocycles. The SMILES string of the molecule is CC1CCCCCN(C(=O)c2c(C(=O)O)c3ccc2o3)CCC1. The van der Waals surface area contributed by atoms with E-state index in [1.165, 1.54) is 12.8 Å². The van der Waals surface area contributed by atoms with Crippen molar-refractivity contribution in [1.29, 1.82) is 0 Å². The lowest BCUT2D eigenvalue weighted by Crippen LogP contribution is -2.34. The van der Waals surface area contributed by atoms with E-state index in [1.54, 1.807) is 12.1 Å². The summed E-state index contributed by atoms with van der Waals surface area (Å²) in [5.74, 6) is -0.611. The maximum atomic E-state index is 12.9. The van der Waals surface area contributed by atoms with Crippen molar-refractivity contribution < 1.29 is 19.1 Å². The molecule has 3 heterocycles. The third kappa shape index (κ3) is 3.19. The van der Waals surface area contributed by atoms with Gasteiger partial charge >= 0.3 is 5.97 Å². The number of nitrogens with zero attached hydrogens (tertiary/aromatic N) is 1. The number of aromatic carboxylic acids is 1. The van der Waals surface area contributed by atoms with Gasteiger partial charge in [0, 0.05) is 13.1 Å². The van der Waals surface area contributed by atoms with Crippen LogP contribution in [0.5, 0.6) is 0 Å². The third-order valence-corrected chi connectivity index (χ3v) is 4.81. The van der Waals surface area contributed by atoms with Crippen LogP contribution in [0.4, 0.5) is 0 Å². The Balaban J connectivity index is 1.82. The summed E-state index contributed by atoms with van der Waals surface area (Å²) >= 11 is 0. The number of carbonyl (C=O) groups is 2. The summed E-state index contributed by atoms with van der Waals surface area (Å²) in [5.41, 5.74) is 0.900. The van der Waals surface area contributed by atoms with Crippen molar-refractivity contribution >= 4 is 23.0 Å². The first-order valence-corrected chi connectivity index (χ1v) is 8.45. The van der Waals surface area contributed by atoms with Crippen molar-refractivity contribution in [3.8, 4) is 0 Å². The minimum atomic E-state index is -1.10. The third-order valence-electron chi connectivity index (χ3n) is 4.81. The predicted octanol–water partition coefficient (Wildman–Crippen LogP) is 4.00. The van der Waals surface area contributed by atoms with E-state index >= 15 is 0 Å². The fourth-order valence-electron chi connectivity index (χ4n) is 3.50. The summed E-state index contributed by atoms with van der Waals surface area (Å²) in [6, 6.07) is 3.29. The Morgan fingerprint density at radius 2 is 1.70 bits per heavy atom. The molecule has 23 heavy (non-hydrogen) atoms. The van der Waals surface area contributed by atoms with Gasteiger partial charge in [0.15, 0.2) is 0 Å². The summed E-state index contributed by atoms with van der Waals surface area (Å²) < 4.78 is 5.41. The molecule has 2 aromatic rings. The monoisotopic (exact) mass is 317 g/mol. The van der Waals surface area contributed by atoms with Gasteiger partial charge in [-0.3, -0.25) is 4.79 Å². The average molecular weight is 317 g/mol. The fraction of sp³-hybridized carbons (Fsp3) is 0.556. The highest BCUT2D eigenvalue weighted by Gasteiger charge is 2.30. The first-order valence-electron chi connectivity index (χ1n) is 8.45. The smallest absolute Gasteiger partial charge is 0.340 e. The maximum Gasteiger partial charge on any atom is 0.340 e. The van der Waals surface area contributed by atoms with Crippen LogP contribution in [0, 0.1) is 5.92 Å². The zero-order valence-electron chi connectivity index (χ0n) is 13.5. The van der Waals surface area contributed by atoms with Crippen molar-refractivity contribution in [2.75, 3.05) is 13.1 Å². The molecule has 3 rings (SSSR count). The summed E-state index contributed by atoms with van der Waals surface area (Å²) in [4.78, 5) is 26.2. The second-order valence-electron chi connectivity index (χ2n) is 6.61. The Hall–Kier alpha value is -2.04. The van der Waals surface area contributed by atoms with E-state index in [9.17, 15) is 14.7 Å². The molecule has 5 heteroatoms. The highest BCUT2D eigenvalue weighted by molar-refractivity contribution is 6.14. The summed E-state index contributed by atoms with van der Waals surface area (Å²) in [7, 11) is 0. The Morgan fingerprint density at radius 3 is 2.43 bits per heavy atom. The molecule has 0 aliphatic carbocycles. The van der Waals surface area contributed by atoms with E-state index in [0.29, 0.717) is 24.6 Å². The van der Waals surface area contributed by atoms with Gasteiger partial charge in [-0.15, -0.1) is 0 Å². The number of fused-ring (bicyclic) bond motifs is 2. The van der Waals surface area contributed by atoms with Crippen LogP contribution in [0.15, 0.2) is 16.5 Å². The van der Waals surface area contributed by atoms with Gasteiger partial charge in [0.25, 0.3) is 5.91 Å². The molecule has 2 aromatic heterocycles. The van der Waals surface area contributed by atoms with Crippen molar-refractivity contribution in [3.05, 3.63) is 23.3 Å². The lowest BCUT2D eigenvalue weighted by Gasteiger charge is -2.25. The molecule has 2 bridgehead atoms. The molecule has 0 saturated carbocycles. The van der Waals surface area contributed by atoms with Gasteiger partial charge in [0.1, 0.15) is 22.3 Å². The molecule has 1 fully saturated rings. The molecule has 5 nitrogen and oxygen atoms in total. The van der Waals surface area contributed by atoms with Gasteiger partial charge in [-0.1, -0.05) is 26.2 Å². The van der Waals surface area contributed by atoms with Crippen LogP contribution in [0.2, 0.25) is 0 Å². The standard InChI is InChI=1S/C18H23NO4/c1-12-6-3-2-4-10-19(11-5-7-12)17(20)15-13-8-9-14(23-13)16(15)18(21)22/h8-9,12H,2-7,10-11H2,1H3,(H,21,22). The van der Waals surface area contributed by atoms with Crippen molar-refractivity contribution in [1.82, 2.24) is 4.90 Å². The van der Waals surface area contributed by atoms with Crippen LogP contribution in [-0.2, 0) is 0 Å². The molecule has 1 unspecified atom stereocenters. The second-order valence-corrected chi connectivity index (χ2v) is 6.61. The van der Waals surface area contributed by atoms with Crippen LogP contribution < -0.4 is 0 Å². The van der Waals surface area contributed by atoms with Crippen LogP contribution in [0.1, 0.15) is 66.2 Å². The Morgan fingerprint density at radius 1 is 1.04 bits per heavy atom. The zero-order valence-corrected chi connectivity index (χ0v) is 13.5. The largest absolute Gasteiger partial charge is 0.478 e. The number of benzene rings is 1. The number of rotatable bonds is 2. The number of carbonyl (C=O) groups excluding carboxylic acids is 1. The summed E-state index contributed by atoms with van der Waals surface area (Å²) in [5, 5.41) is 9.39. The van der Waals surface area contributed by atoms with Gasteiger partial charge in [-0.05, 0) is 37.3 Å². The number of amides is 1. The molecule has 1 aliphatic rings. The number of carboxylic acid groups (broad SMARTS) is 1. The highest BCUT2D eigenvalue weighted by atomic mass is 16.4. The van der Waals surface area contributed by atoms with E-state index in [0.717, 1.165) is 25.7 Å². The molecule has 0 spiro atoms. The lowest BCUT2D eigenvalue weighted by atomic mass is 9.96. The van der Waals surface area contributed by atoms with Gasteiger partial charge in [-0.2, -0.15) is 0 Å². The van der Waals surface area contributed by atoms with Crippen LogP contribution >= 0.6 is 0 Å². The molecule has 1 amide bonds. The molecule has 124 valence electrons. The molecule has 1 N–H and O–H groups in total. The van der Waals surface area contributed by atoms with Crippen molar-refractivity contribution in [2.24, 2.45) is 5.92 Å². The molecular weight excluding hydrogens is 294 g/mol. The van der Waals surface area contributed by atoms with E-state index in [1.807, 2.05) is 4.90 Å². The Labute approximate surface area is 135 Å². The van der Waals surface area contributed by atoms with Crippen LogP contribution in [-0.4, -0.2) is 35.0 Å². The van der Waals surface area contributed by atoms with Crippen molar-refractivity contribution in [3.63, 3.8) is 0 Å². The van der Waals surface area contributed by atoms with Gasteiger partial charge in [0.05, 0.1) is 0 Å². The number of furan rings is 2. The molecule has 1 saturated heterocycles. The van der Waals surface area contributed by atoms with Gasteiger partial charge in [-0.25, -0.2) is 4.79 Å². The first-order chi connectivity index (χ1) is 11.1. The summed E-state index contributed by atoms with van der Waals surface area (Å²) in [6.45, 7) is 3.64. The molecule has 1 atom stereocenters. The molecule has 1 aliphatic heterocycles. The number of hydrogen-bond donors (Lipinski definition) is 1. The first kappa shape index (κ1) is 15.8. The average Bonchev–Trinajstić information content (AvgIpc) is 3.13. The summed E-state index contributed by atoms with van der Waals surface area (Å²) in [6.07, 6.45) is 6.62. The van der Waals surface area contributed by atoms with E-state index in [4.69, 9.17) is 4.42 Å². The minimum Gasteiger partial charge on any atom is -0.478 e. The maximum absolute atomic E-state index is 12.9. The minimum absolute atomic E-state index is 0.0120. The second kappa shape index (κ2) is 6.60. The van der Waals surface area contributed by atoms with Gasteiger partial charge < -0.3 is 14.4 Å². The van der Waals surface area contributed by atoms with Crippen LogP contribution in [0.25, 0.3) is 11.2 Å². The normalized spacial score (nSPS) is 20.7. The zero-order chi connectivity index (χ0) is 16.4. The molecular formula is C18H23NO4. The fourth-order valence-corrected chi connectivity index (χ4v) is 3.50. The predicted molar refractivity (Wildman–Crippen MR) is 87.1 cm³/mol. The van der Waals surface area contributed by atoms with Gasteiger partial charge in [0.2, 0.25) is 0 Å². The Bertz CT molecular complexity index is 690. The van der Waals surface area contributed by atoms with E-state index in [-0.39, 0.29) is 22.6 Å². The van der Waals surface area contributed by atoms with Crippen LogP contribution in [0.3, 0.4) is 0 Å². The quantitative estimate of drug-likeness (QED) is 0.908. The Kier molecular flexibility index (Phi) is 4.55. The number of carboxylic acids is 1. The van der Waals surface area contributed by atoms with Crippen molar-refractivity contribution in [2.45, 2.75) is 45.4 Å². The highest BCUT2D eigenvalue weighted by Crippen LogP contribution is 2.30.